The molecule has 6 nitrogen and oxygen atoms in total. The van der Waals surface area contributed by atoms with E-state index >= 15 is 0 Å². The lowest BCUT2D eigenvalue weighted by atomic mass is 10.1. The van der Waals surface area contributed by atoms with Crippen LogP contribution in [0.15, 0.2) is 53.1 Å². The summed E-state index contributed by atoms with van der Waals surface area (Å²) in [5.74, 6) is 1.19. The van der Waals surface area contributed by atoms with Gasteiger partial charge in [-0.05, 0) is 40.5 Å². The van der Waals surface area contributed by atoms with Gasteiger partial charge in [-0.1, -0.05) is 29.8 Å². The monoisotopic (exact) mass is 429 g/mol. The third-order valence-corrected chi connectivity index (χ3v) is 4.61. The van der Waals surface area contributed by atoms with Crippen molar-refractivity contribution in [2.75, 3.05) is 19.5 Å². The highest BCUT2D eigenvalue weighted by molar-refractivity contribution is 9.10. The predicted molar refractivity (Wildman–Crippen MR) is 108 cm³/mol. The van der Waals surface area contributed by atoms with Crippen LogP contribution < -0.4 is 14.8 Å². The number of benzene rings is 2. The molecule has 0 spiro atoms. The normalized spacial score (nSPS) is 10.5. The molecule has 0 aliphatic rings. The third kappa shape index (κ3) is 4.49. The fraction of sp³-hybridized carbons (Fsp3) is 0.200. The van der Waals surface area contributed by atoms with Crippen molar-refractivity contribution in [2.24, 2.45) is 0 Å². The number of hydrogen-bond acceptors (Lipinski definition) is 4. The molecule has 1 N–H and O–H groups in total. The first-order valence-corrected chi connectivity index (χ1v) is 9.11. The topological polar surface area (TPSA) is 65.4 Å². The maximum atomic E-state index is 12.7. The zero-order valence-electron chi connectivity index (χ0n) is 15.3. The van der Waals surface area contributed by atoms with Crippen LogP contribution in [0.3, 0.4) is 0 Å². The van der Waals surface area contributed by atoms with Crippen molar-refractivity contribution in [3.05, 3.63) is 69.8 Å². The van der Waals surface area contributed by atoms with Crippen LogP contribution in [-0.4, -0.2) is 29.9 Å². The molecule has 0 radical (unpaired) electrons. The highest BCUT2D eigenvalue weighted by Crippen LogP contribution is 2.27. The fourth-order valence-electron chi connectivity index (χ4n) is 2.72. The second kappa shape index (κ2) is 8.26. The summed E-state index contributed by atoms with van der Waals surface area (Å²) in [4.78, 5) is 12.7. The molecule has 1 aromatic heterocycles. The van der Waals surface area contributed by atoms with Crippen molar-refractivity contribution >= 4 is 27.7 Å². The Hall–Kier alpha value is -2.80. The van der Waals surface area contributed by atoms with Crippen molar-refractivity contribution in [1.82, 2.24) is 9.78 Å². The molecule has 0 saturated carbocycles. The average Bonchev–Trinajstić information content (AvgIpc) is 2.99. The molecule has 0 bridgehead atoms. The van der Waals surface area contributed by atoms with E-state index in [0.29, 0.717) is 33.9 Å². The quantitative estimate of drug-likeness (QED) is 0.635. The Labute approximate surface area is 166 Å². The van der Waals surface area contributed by atoms with Gasteiger partial charge >= 0.3 is 0 Å². The van der Waals surface area contributed by atoms with E-state index in [4.69, 9.17) is 9.47 Å². The summed E-state index contributed by atoms with van der Waals surface area (Å²) < 4.78 is 12.9. The number of anilines is 1. The minimum absolute atomic E-state index is 0.309. The molecule has 0 unspecified atom stereocenters. The lowest BCUT2D eigenvalue weighted by Crippen LogP contribution is -2.14. The molecular formula is C20H20BrN3O3. The summed E-state index contributed by atoms with van der Waals surface area (Å²) in [7, 11) is 3.07. The highest BCUT2D eigenvalue weighted by atomic mass is 79.9. The summed E-state index contributed by atoms with van der Waals surface area (Å²) >= 11 is 3.46. The molecule has 7 heteroatoms. The van der Waals surface area contributed by atoms with E-state index in [2.05, 4.69) is 45.4 Å². The zero-order chi connectivity index (χ0) is 19.4. The highest BCUT2D eigenvalue weighted by Gasteiger charge is 2.16. The van der Waals surface area contributed by atoms with Crippen molar-refractivity contribution < 1.29 is 14.3 Å². The van der Waals surface area contributed by atoms with E-state index in [1.54, 1.807) is 30.0 Å². The summed E-state index contributed by atoms with van der Waals surface area (Å²) in [5, 5.41) is 7.28. The van der Waals surface area contributed by atoms with Gasteiger partial charge in [0.15, 0.2) is 5.82 Å². The molecule has 0 atom stereocenters. The van der Waals surface area contributed by atoms with Crippen LogP contribution in [0.1, 0.15) is 21.5 Å². The number of carbonyl (C=O) groups excluding carboxylic acids is 1. The fourth-order valence-corrected chi connectivity index (χ4v) is 3.14. The number of hydrogen-bond donors (Lipinski definition) is 1. The van der Waals surface area contributed by atoms with Crippen molar-refractivity contribution in [2.45, 2.75) is 13.5 Å². The van der Waals surface area contributed by atoms with E-state index in [-0.39, 0.29) is 5.91 Å². The van der Waals surface area contributed by atoms with E-state index in [9.17, 15) is 4.79 Å². The lowest BCUT2D eigenvalue weighted by molar-refractivity contribution is 0.102. The van der Waals surface area contributed by atoms with Crippen LogP contribution in [0.4, 0.5) is 5.82 Å². The van der Waals surface area contributed by atoms with E-state index in [0.717, 1.165) is 5.56 Å². The molecule has 27 heavy (non-hydrogen) atoms. The summed E-state index contributed by atoms with van der Waals surface area (Å²) in [6, 6.07) is 13.3. The van der Waals surface area contributed by atoms with Gasteiger partial charge < -0.3 is 14.8 Å². The number of halogens is 1. The van der Waals surface area contributed by atoms with Crippen molar-refractivity contribution in [1.29, 1.82) is 0 Å². The lowest BCUT2D eigenvalue weighted by Gasteiger charge is -2.10. The number of aromatic nitrogens is 2. The molecule has 3 aromatic rings. The van der Waals surface area contributed by atoms with Gasteiger partial charge in [-0.25, -0.2) is 0 Å². The van der Waals surface area contributed by atoms with Crippen molar-refractivity contribution in [3.63, 3.8) is 0 Å². The Morgan fingerprint density at radius 2 is 2.00 bits per heavy atom. The molecule has 3 rings (SSSR count). The zero-order valence-corrected chi connectivity index (χ0v) is 16.9. The standard InChI is InChI=1S/C20H20BrN3O3/c1-13-5-4-6-14(9-13)11-24-12-17(21)19(23-24)22-20(25)16-8-7-15(26-2)10-18(16)27-3/h4-10,12H,11H2,1-3H3,(H,22,23,25). The molecule has 2 aromatic carbocycles. The summed E-state index contributed by atoms with van der Waals surface area (Å²) in [6.07, 6.45) is 1.84. The minimum Gasteiger partial charge on any atom is -0.497 e. The number of nitrogens with one attached hydrogen (secondary N) is 1. The largest absolute Gasteiger partial charge is 0.497 e. The van der Waals surface area contributed by atoms with Crippen LogP contribution in [0.2, 0.25) is 0 Å². The van der Waals surface area contributed by atoms with E-state index < -0.39 is 0 Å². The number of rotatable bonds is 6. The number of nitrogens with zero attached hydrogens (tertiary/aromatic N) is 2. The number of carbonyl (C=O) groups is 1. The second-order valence-electron chi connectivity index (χ2n) is 6.03. The molecule has 1 amide bonds. The van der Waals surface area contributed by atoms with Crippen LogP contribution in [0.5, 0.6) is 11.5 Å². The molecule has 0 saturated heterocycles. The first-order chi connectivity index (χ1) is 13.0. The number of ether oxygens (including phenoxy) is 2. The van der Waals surface area contributed by atoms with Gasteiger partial charge in [0.2, 0.25) is 0 Å². The third-order valence-electron chi connectivity index (χ3n) is 4.03. The molecule has 0 aliphatic heterocycles. The van der Waals surface area contributed by atoms with Gasteiger partial charge in [0.1, 0.15) is 11.5 Å². The van der Waals surface area contributed by atoms with E-state index in [1.807, 2.05) is 18.3 Å². The maximum absolute atomic E-state index is 12.7. The van der Waals surface area contributed by atoms with E-state index in [1.165, 1.54) is 12.7 Å². The van der Waals surface area contributed by atoms with Gasteiger partial charge in [-0.2, -0.15) is 5.10 Å². The number of methoxy groups -OCH3 is 2. The first-order valence-electron chi connectivity index (χ1n) is 8.32. The first kappa shape index (κ1) is 19.0. The second-order valence-corrected chi connectivity index (χ2v) is 6.89. The summed E-state index contributed by atoms with van der Waals surface area (Å²) in [5.41, 5.74) is 2.73. The Kier molecular flexibility index (Phi) is 5.81. The number of aryl methyl sites for hydroxylation is 1. The average molecular weight is 430 g/mol. The molecule has 0 aliphatic carbocycles. The Balaban J connectivity index is 1.78. The van der Waals surface area contributed by atoms with Gasteiger partial charge in [0.05, 0.1) is 30.8 Å². The SMILES string of the molecule is COc1ccc(C(=O)Nc2nn(Cc3cccc(C)c3)cc2Br)c(OC)c1. The Bertz CT molecular complexity index is 969. The maximum Gasteiger partial charge on any atom is 0.260 e. The van der Waals surface area contributed by atoms with Gasteiger partial charge in [0.25, 0.3) is 5.91 Å². The Morgan fingerprint density at radius 3 is 2.70 bits per heavy atom. The van der Waals surface area contributed by atoms with Gasteiger partial charge in [-0.3, -0.25) is 9.48 Å². The van der Waals surface area contributed by atoms with Gasteiger partial charge in [0, 0.05) is 12.3 Å². The minimum atomic E-state index is -0.309. The summed E-state index contributed by atoms with van der Waals surface area (Å²) in [6.45, 7) is 2.67. The molecule has 0 fully saturated rings. The van der Waals surface area contributed by atoms with Crippen LogP contribution in [0.25, 0.3) is 0 Å². The van der Waals surface area contributed by atoms with Crippen LogP contribution >= 0.6 is 15.9 Å². The smallest absolute Gasteiger partial charge is 0.260 e. The molecule has 1 heterocycles. The number of amides is 1. The Morgan fingerprint density at radius 1 is 1.19 bits per heavy atom. The molecular weight excluding hydrogens is 410 g/mol. The van der Waals surface area contributed by atoms with Crippen LogP contribution in [-0.2, 0) is 6.54 Å². The van der Waals surface area contributed by atoms with Gasteiger partial charge in [-0.15, -0.1) is 0 Å². The van der Waals surface area contributed by atoms with Crippen LogP contribution in [0, 0.1) is 6.92 Å². The van der Waals surface area contributed by atoms with Crippen molar-refractivity contribution in [3.8, 4) is 11.5 Å². The predicted octanol–water partition coefficient (Wildman–Crippen LogP) is 4.27. The molecule has 140 valence electrons.